The van der Waals surface area contributed by atoms with E-state index in [1.807, 2.05) is 36.4 Å². The molecule has 1 amide bonds. The van der Waals surface area contributed by atoms with Crippen molar-refractivity contribution in [1.29, 1.82) is 0 Å². The van der Waals surface area contributed by atoms with Gasteiger partial charge in [-0.3, -0.25) is 4.79 Å². The van der Waals surface area contributed by atoms with E-state index in [1.165, 1.54) is 17.0 Å². The molecule has 0 unspecified atom stereocenters. The van der Waals surface area contributed by atoms with Crippen molar-refractivity contribution in [2.45, 2.75) is 52.5 Å². The quantitative estimate of drug-likeness (QED) is 0.437. The van der Waals surface area contributed by atoms with E-state index < -0.39 is 11.6 Å². The van der Waals surface area contributed by atoms with Crippen LogP contribution in [-0.4, -0.2) is 26.8 Å². The number of nitrogens with one attached hydrogen (secondary N) is 1. The summed E-state index contributed by atoms with van der Waals surface area (Å²) in [6.45, 7) is 4.52. The van der Waals surface area contributed by atoms with Crippen molar-refractivity contribution in [1.82, 2.24) is 14.9 Å². The van der Waals surface area contributed by atoms with E-state index >= 15 is 0 Å². The van der Waals surface area contributed by atoms with Gasteiger partial charge in [-0.2, -0.15) is 0 Å². The molecule has 0 atom stereocenters. The molecule has 0 spiro atoms. The molecule has 0 aliphatic carbocycles. The number of nitrogens with zero attached hydrogens (tertiary/aromatic N) is 2. The summed E-state index contributed by atoms with van der Waals surface area (Å²) < 4.78 is 35.0. The Morgan fingerprint density at radius 3 is 2.52 bits per heavy atom. The van der Waals surface area contributed by atoms with Gasteiger partial charge in [-0.15, -0.1) is 0 Å². The van der Waals surface area contributed by atoms with Crippen molar-refractivity contribution in [2.24, 2.45) is 0 Å². The SMILES string of the molecule is CCC(CC)N(Cc1c(F)cc(I)cc1F)C(=O)c1cc2nc(N)c3c(c2[nH]1)COC3. The number of aromatic nitrogens is 2. The summed E-state index contributed by atoms with van der Waals surface area (Å²) >= 11 is 1.86. The molecule has 0 saturated heterocycles. The number of aromatic amines is 1. The largest absolute Gasteiger partial charge is 0.383 e. The molecule has 0 saturated carbocycles. The third-order valence-corrected chi connectivity index (χ3v) is 6.44. The minimum Gasteiger partial charge on any atom is -0.383 e. The van der Waals surface area contributed by atoms with E-state index in [-0.39, 0.29) is 24.1 Å². The minimum atomic E-state index is -0.658. The molecular weight excluding hydrogens is 517 g/mol. The number of hydrogen-bond acceptors (Lipinski definition) is 4. The first-order valence-corrected chi connectivity index (χ1v) is 11.2. The molecule has 0 radical (unpaired) electrons. The number of benzene rings is 1. The number of rotatable bonds is 6. The topological polar surface area (TPSA) is 84.2 Å². The number of H-pyrrole nitrogens is 1. The normalized spacial score (nSPS) is 13.2. The lowest BCUT2D eigenvalue weighted by atomic mass is 10.1. The van der Waals surface area contributed by atoms with Gasteiger partial charge in [0.25, 0.3) is 5.91 Å². The first-order chi connectivity index (χ1) is 14.8. The number of nitrogen functional groups attached to an aromatic ring is 1. The molecule has 1 aromatic carbocycles. The average molecular weight is 540 g/mol. The number of hydrogen-bond donors (Lipinski definition) is 2. The van der Waals surface area contributed by atoms with Crippen LogP contribution in [0.25, 0.3) is 11.0 Å². The zero-order valence-electron chi connectivity index (χ0n) is 17.3. The van der Waals surface area contributed by atoms with Crippen LogP contribution in [0.15, 0.2) is 18.2 Å². The second-order valence-corrected chi connectivity index (χ2v) is 8.89. The monoisotopic (exact) mass is 540 g/mol. The lowest BCUT2D eigenvalue weighted by Gasteiger charge is -2.30. The number of pyridine rings is 1. The highest BCUT2D eigenvalue weighted by molar-refractivity contribution is 14.1. The minimum absolute atomic E-state index is 0.117. The van der Waals surface area contributed by atoms with Gasteiger partial charge in [0.2, 0.25) is 0 Å². The van der Waals surface area contributed by atoms with Gasteiger partial charge in [0, 0.05) is 26.3 Å². The summed E-state index contributed by atoms with van der Waals surface area (Å²) in [6, 6.07) is 4.01. The van der Waals surface area contributed by atoms with E-state index in [9.17, 15) is 13.6 Å². The Kier molecular flexibility index (Phi) is 6.16. The number of halogens is 3. The van der Waals surface area contributed by atoms with Gasteiger partial charge in [0.1, 0.15) is 23.1 Å². The Balaban J connectivity index is 1.75. The first-order valence-electron chi connectivity index (χ1n) is 10.2. The molecule has 1 aliphatic rings. The van der Waals surface area contributed by atoms with Crippen LogP contribution in [-0.2, 0) is 24.5 Å². The Morgan fingerprint density at radius 2 is 1.87 bits per heavy atom. The number of nitrogens with two attached hydrogens (primary N) is 1. The summed E-state index contributed by atoms with van der Waals surface area (Å²) in [5.41, 5.74) is 9.23. The van der Waals surface area contributed by atoms with Gasteiger partial charge < -0.3 is 20.4 Å². The Hall–Kier alpha value is -2.27. The van der Waals surface area contributed by atoms with E-state index in [2.05, 4.69) is 9.97 Å². The van der Waals surface area contributed by atoms with Crippen molar-refractivity contribution >= 4 is 45.3 Å². The van der Waals surface area contributed by atoms with Gasteiger partial charge in [-0.1, -0.05) is 13.8 Å². The highest BCUT2D eigenvalue weighted by Gasteiger charge is 2.28. The smallest absolute Gasteiger partial charge is 0.270 e. The van der Waals surface area contributed by atoms with E-state index in [0.29, 0.717) is 52.2 Å². The number of ether oxygens (including phenoxy) is 1. The lowest BCUT2D eigenvalue weighted by Crippen LogP contribution is -2.40. The first kappa shape index (κ1) is 21.9. The summed E-state index contributed by atoms with van der Waals surface area (Å²) in [5, 5.41) is 0. The van der Waals surface area contributed by atoms with E-state index in [0.717, 1.165) is 11.1 Å². The number of fused-ring (bicyclic) bond motifs is 3. The van der Waals surface area contributed by atoms with E-state index in [4.69, 9.17) is 10.5 Å². The van der Waals surface area contributed by atoms with Crippen molar-refractivity contribution < 1.29 is 18.3 Å². The fraction of sp³-hybridized carbons (Fsp3) is 0.364. The third-order valence-electron chi connectivity index (χ3n) is 5.81. The Morgan fingerprint density at radius 1 is 1.23 bits per heavy atom. The summed E-state index contributed by atoms with van der Waals surface area (Å²) in [5.74, 6) is -1.27. The Labute approximate surface area is 192 Å². The second-order valence-electron chi connectivity index (χ2n) is 7.64. The highest BCUT2D eigenvalue weighted by Crippen LogP contribution is 2.32. The Bertz CT molecular complexity index is 1140. The van der Waals surface area contributed by atoms with Crippen LogP contribution in [0.4, 0.5) is 14.6 Å². The molecule has 3 heterocycles. The molecule has 3 N–H and O–H groups in total. The van der Waals surface area contributed by atoms with Crippen LogP contribution < -0.4 is 5.73 Å². The maximum absolute atomic E-state index is 14.5. The molecule has 0 fully saturated rings. The van der Waals surface area contributed by atoms with Crippen molar-refractivity contribution in [3.63, 3.8) is 0 Å². The fourth-order valence-electron chi connectivity index (χ4n) is 4.10. The number of anilines is 1. The molecule has 4 rings (SSSR count). The van der Waals surface area contributed by atoms with E-state index in [1.54, 1.807) is 6.07 Å². The number of carbonyl (C=O) groups excluding carboxylic acids is 1. The molecule has 0 bridgehead atoms. The second kappa shape index (κ2) is 8.70. The molecule has 9 heteroatoms. The third kappa shape index (κ3) is 4.00. The van der Waals surface area contributed by atoms with Gasteiger partial charge >= 0.3 is 0 Å². The molecule has 1 aliphatic heterocycles. The van der Waals surface area contributed by atoms with Gasteiger partial charge in [0.15, 0.2) is 0 Å². The van der Waals surface area contributed by atoms with Crippen molar-refractivity contribution in [3.8, 4) is 0 Å². The zero-order chi connectivity index (χ0) is 22.3. The van der Waals surface area contributed by atoms with Crippen LogP contribution >= 0.6 is 22.6 Å². The number of carbonyl (C=O) groups is 1. The van der Waals surface area contributed by atoms with Gasteiger partial charge in [-0.25, -0.2) is 13.8 Å². The molecule has 3 aromatic rings. The molecule has 164 valence electrons. The lowest BCUT2D eigenvalue weighted by molar-refractivity contribution is 0.0639. The standard InChI is InChI=1S/C22H23F2IN4O2/c1-3-12(4-2)29(8-13-16(23)5-11(25)6-17(13)24)22(30)19-7-18-20(27-19)14-9-31-10-15(14)21(26)28-18/h5-7,12,27H,3-4,8-10H2,1-2H3,(H2,26,28). The van der Waals surface area contributed by atoms with Crippen LogP contribution in [0.1, 0.15) is 53.9 Å². The molecule has 6 nitrogen and oxygen atoms in total. The van der Waals surface area contributed by atoms with Crippen molar-refractivity contribution in [2.75, 3.05) is 5.73 Å². The maximum atomic E-state index is 14.5. The predicted molar refractivity (Wildman–Crippen MR) is 122 cm³/mol. The number of amides is 1. The van der Waals surface area contributed by atoms with Crippen LogP contribution in [0, 0.1) is 15.2 Å². The molecular formula is C22H23F2IN4O2. The summed E-state index contributed by atoms with van der Waals surface area (Å²) in [7, 11) is 0. The van der Waals surface area contributed by atoms with Crippen LogP contribution in [0.2, 0.25) is 0 Å². The fourth-order valence-corrected chi connectivity index (χ4v) is 4.65. The average Bonchev–Trinajstić information content (AvgIpc) is 3.36. The summed E-state index contributed by atoms with van der Waals surface area (Å²) in [4.78, 5) is 22.6. The van der Waals surface area contributed by atoms with Gasteiger partial charge in [0.05, 0.1) is 30.8 Å². The molecule has 2 aromatic heterocycles. The van der Waals surface area contributed by atoms with Gasteiger partial charge in [-0.05, 0) is 53.6 Å². The predicted octanol–water partition coefficient (Wildman–Crippen LogP) is 4.89. The zero-order valence-corrected chi connectivity index (χ0v) is 19.4. The van der Waals surface area contributed by atoms with Crippen LogP contribution in [0.3, 0.4) is 0 Å². The maximum Gasteiger partial charge on any atom is 0.270 e. The van der Waals surface area contributed by atoms with Crippen molar-refractivity contribution in [3.05, 3.63) is 55.8 Å². The summed E-state index contributed by atoms with van der Waals surface area (Å²) in [6.07, 6.45) is 1.31. The molecule has 31 heavy (non-hydrogen) atoms. The highest BCUT2D eigenvalue weighted by atomic mass is 127. The van der Waals surface area contributed by atoms with Crippen LogP contribution in [0.5, 0.6) is 0 Å².